The van der Waals surface area contributed by atoms with Crippen LogP contribution in [0.3, 0.4) is 0 Å². The normalized spacial score (nSPS) is 13.0. The number of hydrogen-bond acceptors (Lipinski definition) is 2. The van der Waals surface area contributed by atoms with Crippen LogP contribution < -0.4 is 5.73 Å². The molecule has 122 valence electrons. The van der Waals surface area contributed by atoms with Gasteiger partial charge in [0.25, 0.3) is 0 Å². The number of unbranched alkanes of at least 4 members (excludes halogenated alkanes) is 2. The first-order valence-electron chi connectivity index (χ1n) is 8.20. The van der Waals surface area contributed by atoms with Gasteiger partial charge in [-0.15, -0.1) is 12.4 Å². The molecule has 1 unspecified atom stereocenters. The third-order valence-electron chi connectivity index (χ3n) is 4.52. The lowest BCUT2D eigenvalue weighted by atomic mass is 9.82. The van der Waals surface area contributed by atoms with Crippen LogP contribution in [-0.2, 0) is 5.54 Å². The average Bonchev–Trinajstić information content (AvgIpc) is 2.48. The molecule has 0 heterocycles. The minimum Gasteiger partial charge on any atom is -0.316 e. The van der Waals surface area contributed by atoms with Crippen molar-refractivity contribution in [2.24, 2.45) is 5.73 Å². The van der Waals surface area contributed by atoms with Gasteiger partial charge in [0.2, 0.25) is 0 Å². The summed E-state index contributed by atoms with van der Waals surface area (Å²) in [5.41, 5.74) is 7.79. The first-order chi connectivity index (χ1) is 9.62. The highest BCUT2D eigenvalue weighted by Gasteiger charge is 2.36. The number of nitrogens with zero attached hydrogens (tertiary/aromatic N) is 1. The van der Waals surface area contributed by atoms with Gasteiger partial charge in [-0.1, -0.05) is 63.9 Å². The van der Waals surface area contributed by atoms with E-state index in [0.717, 1.165) is 19.4 Å². The molecular weight excluding hydrogens is 280 g/mol. The molecule has 1 aromatic carbocycles. The van der Waals surface area contributed by atoms with Crippen LogP contribution in [0.1, 0.15) is 65.4 Å². The van der Waals surface area contributed by atoms with Crippen LogP contribution >= 0.6 is 12.4 Å². The number of nitrogens with two attached hydrogens (primary N) is 1. The molecule has 0 bridgehead atoms. The summed E-state index contributed by atoms with van der Waals surface area (Å²) in [5.74, 6) is 0. The van der Waals surface area contributed by atoms with Crippen molar-refractivity contribution in [1.82, 2.24) is 4.90 Å². The van der Waals surface area contributed by atoms with Gasteiger partial charge in [0.1, 0.15) is 0 Å². The topological polar surface area (TPSA) is 29.3 Å². The summed E-state index contributed by atoms with van der Waals surface area (Å²) >= 11 is 0. The fraction of sp³-hybridized carbons (Fsp3) is 0.667. The molecule has 1 aromatic rings. The van der Waals surface area contributed by atoms with Crippen LogP contribution in [-0.4, -0.2) is 17.6 Å². The van der Waals surface area contributed by atoms with Crippen LogP contribution in [0.15, 0.2) is 30.3 Å². The largest absolute Gasteiger partial charge is 0.316 e. The molecule has 0 aliphatic heterocycles. The zero-order valence-electron chi connectivity index (χ0n) is 14.1. The molecule has 0 aliphatic rings. The summed E-state index contributed by atoms with van der Waals surface area (Å²) < 4.78 is 0. The van der Waals surface area contributed by atoms with Crippen molar-refractivity contribution in [3.05, 3.63) is 35.9 Å². The fourth-order valence-corrected chi connectivity index (χ4v) is 3.32. The van der Waals surface area contributed by atoms with Crippen molar-refractivity contribution >= 4 is 12.4 Å². The standard InChI is InChI=1S/C18H32N2.ClH/c1-5-8-12-15-20(16(4)19)18(6-2,7-3)17-13-10-9-11-14-17;/h9-11,13-14,16H,5-8,12,15,19H2,1-4H3;1H. The van der Waals surface area contributed by atoms with Gasteiger partial charge in [0.05, 0.1) is 6.17 Å². The van der Waals surface area contributed by atoms with E-state index in [-0.39, 0.29) is 24.1 Å². The minimum atomic E-state index is 0. The zero-order chi connectivity index (χ0) is 15.0. The van der Waals surface area contributed by atoms with Gasteiger partial charge in [0, 0.05) is 12.1 Å². The Kier molecular flexibility index (Phi) is 9.93. The zero-order valence-corrected chi connectivity index (χ0v) is 15.0. The van der Waals surface area contributed by atoms with Crippen molar-refractivity contribution in [3.63, 3.8) is 0 Å². The first kappa shape index (κ1) is 20.4. The lowest BCUT2D eigenvalue weighted by Crippen LogP contribution is -2.53. The molecule has 3 heteroatoms. The maximum Gasteiger partial charge on any atom is 0.0550 e. The molecule has 1 rings (SSSR count). The van der Waals surface area contributed by atoms with Gasteiger partial charge in [-0.25, -0.2) is 0 Å². The predicted octanol–water partition coefficient (Wildman–Crippen LogP) is 4.92. The quantitative estimate of drug-likeness (QED) is 0.518. The molecular formula is C18H33ClN2. The summed E-state index contributed by atoms with van der Waals surface area (Å²) in [6.45, 7) is 10.0. The molecule has 21 heavy (non-hydrogen) atoms. The third-order valence-corrected chi connectivity index (χ3v) is 4.52. The van der Waals surface area contributed by atoms with E-state index in [1.165, 1.54) is 24.8 Å². The van der Waals surface area contributed by atoms with Gasteiger partial charge in [-0.2, -0.15) is 0 Å². The van der Waals surface area contributed by atoms with E-state index >= 15 is 0 Å². The molecule has 1 atom stereocenters. The maximum absolute atomic E-state index is 6.32. The van der Waals surface area contributed by atoms with E-state index in [2.05, 4.69) is 62.9 Å². The predicted molar refractivity (Wildman–Crippen MR) is 95.8 cm³/mol. The van der Waals surface area contributed by atoms with Crippen LogP contribution in [0.5, 0.6) is 0 Å². The number of benzene rings is 1. The second kappa shape index (κ2) is 10.2. The fourth-order valence-electron chi connectivity index (χ4n) is 3.32. The lowest BCUT2D eigenvalue weighted by Gasteiger charge is -2.46. The molecule has 0 spiro atoms. The molecule has 0 radical (unpaired) electrons. The molecule has 2 nitrogen and oxygen atoms in total. The third kappa shape index (κ3) is 4.98. The lowest BCUT2D eigenvalue weighted by molar-refractivity contribution is 0.0377. The summed E-state index contributed by atoms with van der Waals surface area (Å²) in [4.78, 5) is 2.51. The van der Waals surface area contributed by atoms with Gasteiger partial charge in [0.15, 0.2) is 0 Å². The Morgan fingerprint density at radius 3 is 2.05 bits per heavy atom. The van der Waals surface area contributed by atoms with E-state index in [1.807, 2.05) is 0 Å². The van der Waals surface area contributed by atoms with Crippen molar-refractivity contribution < 1.29 is 0 Å². The molecule has 0 amide bonds. The number of hydrogen-bond donors (Lipinski definition) is 1. The van der Waals surface area contributed by atoms with Crippen molar-refractivity contribution in [1.29, 1.82) is 0 Å². The van der Waals surface area contributed by atoms with Crippen molar-refractivity contribution in [2.45, 2.75) is 71.5 Å². The second-order valence-corrected chi connectivity index (χ2v) is 5.75. The van der Waals surface area contributed by atoms with Crippen LogP contribution in [0, 0.1) is 0 Å². The highest BCUT2D eigenvalue weighted by atomic mass is 35.5. The molecule has 2 N–H and O–H groups in total. The molecule has 0 aromatic heterocycles. The Hall–Kier alpha value is -0.570. The molecule has 0 saturated carbocycles. The van der Waals surface area contributed by atoms with Crippen molar-refractivity contribution in [3.8, 4) is 0 Å². The smallest absolute Gasteiger partial charge is 0.0550 e. The van der Waals surface area contributed by atoms with E-state index in [4.69, 9.17) is 5.73 Å². The summed E-state index contributed by atoms with van der Waals surface area (Å²) in [5, 5.41) is 0. The number of rotatable bonds is 9. The van der Waals surface area contributed by atoms with E-state index < -0.39 is 0 Å². The number of halogens is 1. The summed E-state index contributed by atoms with van der Waals surface area (Å²) in [6.07, 6.45) is 6.05. The highest BCUT2D eigenvalue weighted by Crippen LogP contribution is 2.36. The first-order valence-corrected chi connectivity index (χ1v) is 8.20. The second-order valence-electron chi connectivity index (χ2n) is 5.75. The monoisotopic (exact) mass is 312 g/mol. The Morgan fingerprint density at radius 1 is 1.05 bits per heavy atom. The minimum absolute atomic E-state index is 0. The van der Waals surface area contributed by atoms with Crippen LogP contribution in [0.4, 0.5) is 0 Å². The SMILES string of the molecule is CCCCCN(C(C)N)C(CC)(CC)c1ccccc1.Cl. The van der Waals surface area contributed by atoms with Gasteiger partial charge in [-0.3, -0.25) is 4.90 Å². The molecule has 0 aliphatic carbocycles. The Morgan fingerprint density at radius 2 is 1.62 bits per heavy atom. The van der Waals surface area contributed by atoms with Gasteiger partial charge < -0.3 is 5.73 Å². The highest BCUT2D eigenvalue weighted by molar-refractivity contribution is 5.85. The maximum atomic E-state index is 6.32. The summed E-state index contributed by atoms with van der Waals surface area (Å²) in [6, 6.07) is 10.9. The van der Waals surface area contributed by atoms with Crippen LogP contribution in [0.25, 0.3) is 0 Å². The van der Waals surface area contributed by atoms with Gasteiger partial charge in [-0.05, 0) is 31.7 Å². The average molecular weight is 313 g/mol. The van der Waals surface area contributed by atoms with Crippen molar-refractivity contribution in [2.75, 3.05) is 6.54 Å². The van der Waals surface area contributed by atoms with E-state index in [9.17, 15) is 0 Å². The Labute approximate surface area is 137 Å². The molecule has 0 fully saturated rings. The van der Waals surface area contributed by atoms with E-state index in [1.54, 1.807) is 0 Å². The molecule has 0 saturated heterocycles. The Balaban J connectivity index is 0.00000400. The van der Waals surface area contributed by atoms with Crippen LogP contribution in [0.2, 0.25) is 0 Å². The van der Waals surface area contributed by atoms with E-state index in [0.29, 0.717) is 0 Å². The summed E-state index contributed by atoms with van der Waals surface area (Å²) in [7, 11) is 0. The Bertz CT molecular complexity index is 361. The van der Waals surface area contributed by atoms with Gasteiger partial charge >= 0.3 is 0 Å².